The number of benzene rings is 2. The van der Waals surface area contributed by atoms with E-state index in [1.54, 1.807) is 0 Å². The number of hydrogen-bond donors (Lipinski definition) is 2. The van der Waals surface area contributed by atoms with Gasteiger partial charge in [-0.2, -0.15) is 0 Å². The molecule has 0 fully saturated rings. The van der Waals surface area contributed by atoms with E-state index in [-0.39, 0.29) is 17.5 Å². The van der Waals surface area contributed by atoms with E-state index in [4.69, 9.17) is 5.84 Å². The molecular weight excluding hydrogens is 291 g/mol. The number of rotatable bonds is 4. The second-order valence-corrected chi connectivity index (χ2v) is 4.42. The van der Waals surface area contributed by atoms with E-state index >= 15 is 0 Å². The summed E-state index contributed by atoms with van der Waals surface area (Å²) < 4.78 is 66.5. The van der Waals surface area contributed by atoms with E-state index in [2.05, 4.69) is 5.43 Å². The van der Waals surface area contributed by atoms with Gasteiger partial charge in [0.05, 0.1) is 6.04 Å². The maximum absolute atomic E-state index is 13.7. The molecule has 1 atom stereocenters. The summed E-state index contributed by atoms with van der Waals surface area (Å²) in [5.41, 5.74) is 1.84. The van der Waals surface area contributed by atoms with Gasteiger partial charge in [0.15, 0.2) is 17.5 Å². The fourth-order valence-corrected chi connectivity index (χ4v) is 1.99. The number of hydrogen-bond acceptors (Lipinski definition) is 2. The number of hydrazine groups is 1. The zero-order valence-corrected chi connectivity index (χ0v) is 10.6. The Balaban J connectivity index is 2.37. The Bertz CT molecular complexity index is 660. The highest BCUT2D eigenvalue weighted by molar-refractivity contribution is 5.27. The lowest BCUT2D eigenvalue weighted by molar-refractivity contribution is 0.423. The molecule has 0 bridgehead atoms. The minimum atomic E-state index is -1.65. The van der Waals surface area contributed by atoms with Crippen molar-refractivity contribution in [2.45, 2.75) is 12.5 Å². The second-order valence-electron chi connectivity index (χ2n) is 4.42. The van der Waals surface area contributed by atoms with Crippen LogP contribution in [0.15, 0.2) is 30.3 Å². The molecule has 0 radical (unpaired) electrons. The standard InChI is InChI=1S/C14H11F5N2/c15-8-1-3-10(16)7(5-8)6-12(21-20)9-2-4-11(17)14(19)13(9)18/h1-5,12,21H,6,20H2. The van der Waals surface area contributed by atoms with Crippen LogP contribution in [0.2, 0.25) is 0 Å². The highest BCUT2D eigenvalue weighted by Crippen LogP contribution is 2.25. The zero-order chi connectivity index (χ0) is 15.6. The highest BCUT2D eigenvalue weighted by Gasteiger charge is 2.21. The molecule has 0 amide bonds. The van der Waals surface area contributed by atoms with Gasteiger partial charge >= 0.3 is 0 Å². The van der Waals surface area contributed by atoms with Crippen molar-refractivity contribution in [1.82, 2.24) is 5.43 Å². The van der Waals surface area contributed by atoms with Gasteiger partial charge in [0, 0.05) is 5.56 Å². The van der Waals surface area contributed by atoms with Crippen molar-refractivity contribution in [3.63, 3.8) is 0 Å². The van der Waals surface area contributed by atoms with Crippen LogP contribution in [0, 0.1) is 29.1 Å². The summed E-state index contributed by atoms with van der Waals surface area (Å²) >= 11 is 0. The lowest BCUT2D eigenvalue weighted by Gasteiger charge is -2.18. The summed E-state index contributed by atoms with van der Waals surface area (Å²) in [6, 6.07) is 3.46. The fraction of sp³-hybridized carbons (Fsp3) is 0.143. The van der Waals surface area contributed by atoms with Gasteiger partial charge in [-0.3, -0.25) is 11.3 Å². The molecule has 0 aromatic heterocycles. The Labute approximate surface area is 117 Å². The molecule has 112 valence electrons. The summed E-state index contributed by atoms with van der Waals surface area (Å²) in [7, 11) is 0. The molecule has 0 heterocycles. The van der Waals surface area contributed by atoms with Crippen molar-refractivity contribution < 1.29 is 22.0 Å². The van der Waals surface area contributed by atoms with Gasteiger partial charge in [0.1, 0.15) is 11.6 Å². The second kappa shape index (κ2) is 6.19. The topological polar surface area (TPSA) is 38.0 Å². The Kier molecular flexibility index (Phi) is 4.54. The molecular formula is C14H11F5N2. The first-order valence-corrected chi connectivity index (χ1v) is 5.97. The maximum atomic E-state index is 13.7. The summed E-state index contributed by atoms with van der Waals surface area (Å²) in [6.45, 7) is 0. The van der Waals surface area contributed by atoms with Gasteiger partial charge in [-0.25, -0.2) is 22.0 Å². The third-order valence-electron chi connectivity index (χ3n) is 3.07. The zero-order valence-electron chi connectivity index (χ0n) is 10.6. The summed E-state index contributed by atoms with van der Waals surface area (Å²) in [4.78, 5) is 0. The number of nitrogens with two attached hydrogens (primary N) is 1. The SMILES string of the molecule is NNC(Cc1cc(F)ccc1F)c1ccc(F)c(F)c1F. The number of halogens is 5. The lowest BCUT2D eigenvalue weighted by Crippen LogP contribution is -2.31. The quantitative estimate of drug-likeness (QED) is 0.394. The average molecular weight is 302 g/mol. The highest BCUT2D eigenvalue weighted by atomic mass is 19.2. The third kappa shape index (κ3) is 3.20. The third-order valence-corrected chi connectivity index (χ3v) is 3.07. The van der Waals surface area contributed by atoms with Crippen LogP contribution in [-0.4, -0.2) is 0 Å². The molecule has 0 saturated heterocycles. The molecule has 0 aliphatic rings. The molecule has 1 unspecified atom stereocenters. The van der Waals surface area contributed by atoms with Crippen molar-refractivity contribution >= 4 is 0 Å². The van der Waals surface area contributed by atoms with Crippen molar-refractivity contribution in [3.8, 4) is 0 Å². The van der Waals surface area contributed by atoms with Crippen molar-refractivity contribution in [2.24, 2.45) is 5.84 Å². The smallest absolute Gasteiger partial charge is 0.194 e. The van der Waals surface area contributed by atoms with Gasteiger partial charge in [-0.15, -0.1) is 0 Å². The van der Waals surface area contributed by atoms with Gasteiger partial charge in [-0.05, 0) is 36.2 Å². The van der Waals surface area contributed by atoms with E-state index in [1.165, 1.54) is 0 Å². The van der Waals surface area contributed by atoms with Crippen LogP contribution in [-0.2, 0) is 6.42 Å². The average Bonchev–Trinajstić information content (AvgIpc) is 2.46. The predicted molar refractivity (Wildman–Crippen MR) is 66.4 cm³/mol. The van der Waals surface area contributed by atoms with Crippen molar-refractivity contribution in [1.29, 1.82) is 0 Å². The Morgan fingerprint density at radius 2 is 1.57 bits per heavy atom. The fourth-order valence-electron chi connectivity index (χ4n) is 1.99. The van der Waals surface area contributed by atoms with Gasteiger partial charge in [0.2, 0.25) is 0 Å². The maximum Gasteiger partial charge on any atom is 0.194 e. The molecule has 2 nitrogen and oxygen atoms in total. The molecule has 0 saturated carbocycles. The minimum Gasteiger partial charge on any atom is -0.271 e. The van der Waals surface area contributed by atoms with E-state index in [0.29, 0.717) is 0 Å². The molecule has 3 N–H and O–H groups in total. The molecule has 21 heavy (non-hydrogen) atoms. The predicted octanol–water partition coefficient (Wildman–Crippen LogP) is 3.13. The largest absolute Gasteiger partial charge is 0.271 e. The summed E-state index contributed by atoms with van der Waals surface area (Å²) in [5.74, 6) is -0.544. The van der Waals surface area contributed by atoms with Crippen LogP contribution in [0.5, 0.6) is 0 Å². The Morgan fingerprint density at radius 1 is 0.905 bits per heavy atom. The Morgan fingerprint density at radius 3 is 2.24 bits per heavy atom. The van der Waals surface area contributed by atoms with Crippen LogP contribution < -0.4 is 11.3 Å². The summed E-state index contributed by atoms with van der Waals surface area (Å²) in [5, 5.41) is 0. The van der Waals surface area contributed by atoms with E-state index in [9.17, 15) is 22.0 Å². The first-order chi connectivity index (χ1) is 9.93. The number of nitrogens with one attached hydrogen (secondary N) is 1. The monoisotopic (exact) mass is 302 g/mol. The van der Waals surface area contributed by atoms with Crippen molar-refractivity contribution in [2.75, 3.05) is 0 Å². The van der Waals surface area contributed by atoms with Gasteiger partial charge in [0.25, 0.3) is 0 Å². The minimum absolute atomic E-state index is 0.0675. The first-order valence-electron chi connectivity index (χ1n) is 5.97. The molecule has 7 heteroatoms. The molecule has 0 spiro atoms. The van der Waals surface area contributed by atoms with E-state index in [1.807, 2.05) is 0 Å². The normalized spacial score (nSPS) is 12.5. The van der Waals surface area contributed by atoms with E-state index in [0.717, 1.165) is 30.3 Å². The molecule has 2 rings (SSSR count). The van der Waals surface area contributed by atoms with Crippen LogP contribution in [0.25, 0.3) is 0 Å². The van der Waals surface area contributed by atoms with Crippen molar-refractivity contribution in [3.05, 3.63) is 70.5 Å². The van der Waals surface area contributed by atoms with Crippen LogP contribution in [0.4, 0.5) is 22.0 Å². The molecule has 2 aromatic rings. The van der Waals surface area contributed by atoms with Gasteiger partial charge < -0.3 is 0 Å². The Hall–Kier alpha value is -1.99. The molecule has 0 aliphatic heterocycles. The van der Waals surface area contributed by atoms with Crippen LogP contribution in [0.3, 0.4) is 0 Å². The molecule has 2 aromatic carbocycles. The molecule has 0 aliphatic carbocycles. The summed E-state index contributed by atoms with van der Waals surface area (Å²) in [6.07, 6.45) is -0.234. The lowest BCUT2D eigenvalue weighted by atomic mass is 9.98. The van der Waals surface area contributed by atoms with Gasteiger partial charge in [-0.1, -0.05) is 6.07 Å². The first kappa shape index (κ1) is 15.4. The van der Waals surface area contributed by atoms with Crippen LogP contribution in [0.1, 0.15) is 17.2 Å². The van der Waals surface area contributed by atoms with E-state index < -0.39 is 35.1 Å². The van der Waals surface area contributed by atoms with Crippen LogP contribution >= 0.6 is 0 Å².